The summed E-state index contributed by atoms with van der Waals surface area (Å²) in [5, 5.41) is 2.67. The molecule has 1 aromatic carbocycles. The lowest BCUT2D eigenvalue weighted by Gasteiger charge is -2.04. The summed E-state index contributed by atoms with van der Waals surface area (Å²) in [7, 11) is 1.62. The van der Waals surface area contributed by atoms with Crippen molar-refractivity contribution in [2.75, 3.05) is 7.11 Å². The SMILES string of the molecule is COc1ccccc1-c1nc(COC(=O)c2cnc(C)cn2)cs1. The Kier molecular flexibility index (Phi) is 4.81. The number of hydrogen-bond acceptors (Lipinski definition) is 7. The van der Waals surface area contributed by atoms with Gasteiger partial charge in [0.05, 0.1) is 30.3 Å². The molecule has 2 heterocycles. The summed E-state index contributed by atoms with van der Waals surface area (Å²) in [6, 6.07) is 7.65. The molecule has 24 heavy (non-hydrogen) atoms. The molecule has 3 rings (SSSR count). The van der Waals surface area contributed by atoms with Gasteiger partial charge in [-0.2, -0.15) is 0 Å². The van der Waals surface area contributed by atoms with Gasteiger partial charge in [-0.05, 0) is 19.1 Å². The van der Waals surface area contributed by atoms with Crippen molar-refractivity contribution in [2.24, 2.45) is 0 Å². The molecule has 0 spiro atoms. The Morgan fingerprint density at radius 2 is 2.04 bits per heavy atom. The minimum atomic E-state index is -0.519. The molecule has 0 bridgehead atoms. The third-order valence-electron chi connectivity index (χ3n) is 3.23. The second-order valence-corrected chi connectivity index (χ2v) is 5.82. The quantitative estimate of drug-likeness (QED) is 0.663. The molecule has 0 amide bonds. The van der Waals surface area contributed by atoms with Gasteiger partial charge in [-0.1, -0.05) is 12.1 Å². The molecule has 0 radical (unpaired) electrons. The minimum Gasteiger partial charge on any atom is -0.496 e. The van der Waals surface area contributed by atoms with Gasteiger partial charge < -0.3 is 9.47 Å². The number of methoxy groups -OCH3 is 1. The maximum atomic E-state index is 11.9. The molecule has 0 saturated heterocycles. The van der Waals surface area contributed by atoms with Gasteiger partial charge in [-0.25, -0.2) is 14.8 Å². The highest BCUT2D eigenvalue weighted by molar-refractivity contribution is 7.13. The summed E-state index contributed by atoms with van der Waals surface area (Å²) in [6.07, 6.45) is 2.93. The number of aromatic nitrogens is 3. The molecule has 7 heteroatoms. The van der Waals surface area contributed by atoms with Crippen molar-refractivity contribution in [2.45, 2.75) is 13.5 Å². The molecule has 0 aliphatic carbocycles. The van der Waals surface area contributed by atoms with Crippen LogP contribution in [-0.4, -0.2) is 28.0 Å². The van der Waals surface area contributed by atoms with Crippen LogP contribution in [0.15, 0.2) is 42.0 Å². The fourth-order valence-electron chi connectivity index (χ4n) is 2.03. The number of aryl methyl sites for hydroxylation is 1. The monoisotopic (exact) mass is 341 g/mol. The second kappa shape index (κ2) is 7.18. The first kappa shape index (κ1) is 16.1. The maximum Gasteiger partial charge on any atom is 0.358 e. The van der Waals surface area contributed by atoms with E-state index in [1.165, 1.54) is 23.7 Å². The van der Waals surface area contributed by atoms with E-state index in [2.05, 4.69) is 15.0 Å². The van der Waals surface area contributed by atoms with Gasteiger partial charge in [-0.3, -0.25) is 4.98 Å². The topological polar surface area (TPSA) is 74.2 Å². The smallest absolute Gasteiger partial charge is 0.358 e. The molecular formula is C17H15N3O3S. The Balaban J connectivity index is 1.68. The van der Waals surface area contributed by atoms with Gasteiger partial charge in [0.15, 0.2) is 5.69 Å². The summed E-state index contributed by atoms with van der Waals surface area (Å²) in [5.74, 6) is 0.236. The molecule has 3 aromatic rings. The lowest BCUT2D eigenvalue weighted by Crippen LogP contribution is -2.08. The highest BCUT2D eigenvalue weighted by Gasteiger charge is 2.13. The van der Waals surface area contributed by atoms with Gasteiger partial charge in [-0.15, -0.1) is 11.3 Å². The highest BCUT2D eigenvalue weighted by atomic mass is 32.1. The Morgan fingerprint density at radius 3 is 2.79 bits per heavy atom. The Bertz CT molecular complexity index is 846. The molecule has 122 valence electrons. The van der Waals surface area contributed by atoms with Crippen LogP contribution in [0, 0.1) is 6.92 Å². The van der Waals surface area contributed by atoms with Crippen molar-refractivity contribution in [3.05, 3.63) is 59.1 Å². The van der Waals surface area contributed by atoms with Gasteiger partial charge in [0.25, 0.3) is 0 Å². The van der Waals surface area contributed by atoms with E-state index in [4.69, 9.17) is 9.47 Å². The summed E-state index contributed by atoms with van der Waals surface area (Å²) >= 11 is 1.47. The Hall–Kier alpha value is -2.80. The van der Waals surface area contributed by atoms with Crippen molar-refractivity contribution in [1.82, 2.24) is 15.0 Å². The third-order valence-corrected chi connectivity index (χ3v) is 4.15. The number of carbonyl (C=O) groups excluding carboxylic acids is 1. The number of hydrogen-bond donors (Lipinski definition) is 0. The fourth-order valence-corrected chi connectivity index (χ4v) is 2.86. The zero-order valence-corrected chi connectivity index (χ0v) is 14.0. The molecular weight excluding hydrogens is 326 g/mol. The van der Waals surface area contributed by atoms with E-state index in [0.29, 0.717) is 5.69 Å². The van der Waals surface area contributed by atoms with Crippen molar-refractivity contribution >= 4 is 17.3 Å². The van der Waals surface area contributed by atoms with Crippen LogP contribution in [0.2, 0.25) is 0 Å². The van der Waals surface area contributed by atoms with Crippen molar-refractivity contribution < 1.29 is 14.3 Å². The summed E-state index contributed by atoms with van der Waals surface area (Å²) < 4.78 is 10.6. The van der Waals surface area contributed by atoms with Crippen molar-refractivity contribution in [3.8, 4) is 16.3 Å². The zero-order valence-electron chi connectivity index (χ0n) is 13.2. The average molecular weight is 341 g/mol. The number of carbonyl (C=O) groups is 1. The average Bonchev–Trinajstić information content (AvgIpc) is 3.09. The van der Waals surface area contributed by atoms with E-state index in [1.54, 1.807) is 14.0 Å². The summed E-state index contributed by atoms with van der Waals surface area (Å²) in [4.78, 5) is 24.5. The Labute approximate surface area is 143 Å². The van der Waals surface area contributed by atoms with Crippen LogP contribution in [0.3, 0.4) is 0 Å². The number of thiazole rings is 1. The van der Waals surface area contributed by atoms with E-state index < -0.39 is 5.97 Å². The molecule has 0 atom stereocenters. The second-order valence-electron chi connectivity index (χ2n) is 4.96. The molecule has 0 fully saturated rings. The first-order valence-corrected chi connectivity index (χ1v) is 8.09. The number of rotatable bonds is 5. The van der Waals surface area contributed by atoms with Crippen LogP contribution in [0.25, 0.3) is 10.6 Å². The normalized spacial score (nSPS) is 10.4. The number of para-hydroxylation sites is 1. The van der Waals surface area contributed by atoms with Gasteiger partial charge in [0, 0.05) is 11.6 Å². The molecule has 0 aliphatic heterocycles. The largest absolute Gasteiger partial charge is 0.496 e. The third kappa shape index (κ3) is 3.57. The van der Waals surface area contributed by atoms with E-state index >= 15 is 0 Å². The number of nitrogens with zero attached hydrogens (tertiary/aromatic N) is 3. The van der Waals surface area contributed by atoms with Crippen LogP contribution in [0.4, 0.5) is 0 Å². The predicted octanol–water partition coefficient (Wildman–Crippen LogP) is 3.27. The Morgan fingerprint density at radius 1 is 1.21 bits per heavy atom. The zero-order chi connectivity index (χ0) is 16.9. The summed E-state index contributed by atoms with van der Waals surface area (Å²) in [5.41, 5.74) is 2.51. The first-order chi connectivity index (χ1) is 11.7. The van der Waals surface area contributed by atoms with Crippen LogP contribution >= 0.6 is 11.3 Å². The standard InChI is InChI=1S/C17H15N3O3S/c1-11-7-19-14(8-18-11)17(21)23-9-12-10-24-16(20-12)13-5-3-4-6-15(13)22-2/h3-8,10H,9H2,1-2H3. The van der Waals surface area contributed by atoms with Crippen LogP contribution in [-0.2, 0) is 11.3 Å². The van der Waals surface area contributed by atoms with Crippen LogP contribution in [0.5, 0.6) is 5.75 Å². The fraction of sp³-hybridized carbons (Fsp3) is 0.176. The number of benzene rings is 1. The van der Waals surface area contributed by atoms with E-state index in [0.717, 1.165) is 22.0 Å². The number of ether oxygens (including phenoxy) is 2. The minimum absolute atomic E-state index is 0.0834. The molecule has 0 saturated carbocycles. The molecule has 0 unspecified atom stereocenters. The van der Waals surface area contributed by atoms with E-state index in [9.17, 15) is 4.79 Å². The van der Waals surface area contributed by atoms with Gasteiger partial charge in [0.1, 0.15) is 17.4 Å². The van der Waals surface area contributed by atoms with Gasteiger partial charge in [0.2, 0.25) is 0 Å². The van der Waals surface area contributed by atoms with Crippen LogP contribution < -0.4 is 4.74 Å². The predicted molar refractivity (Wildman–Crippen MR) is 90.0 cm³/mol. The van der Waals surface area contributed by atoms with Crippen molar-refractivity contribution in [1.29, 1.82) is 0 Å². The molecule has 0 aliphatic rings. The molecule has 0 N–H and O–H groups in total. The van der Waals surface area contributed by atoms with Crippen LogP contribution in [0.1, 0.15) is 21.9 Å². The van der Waals surface area contributed by atoms with Gasteiger partial charge >= 0.3 is 5.97 Å². The molecule has 6 nitrogen and oxygen atoms in total. The lowest BCUT2D eigenvalue weighted by atomic mass is 10.2. The highest BCUT2D eigenvalue weighted by Crippen LogP contribution is 2.31. The molecule has 2 aromatic heterocycles. The lowest BCUT2D eigenvalue weighted by molar-refractivity contribution is 0.0461. The number of esters is 1. The van der Waals surface area contributed by atoms with E-state index in [1.807, 2.05) is 29.6 Å². The van der Waals surface area contributed by atoms with E-state index in [-0.39, 0.29) is 12.3 Å². The first-order valence-electron chi connectivity index (χ1n) is 7.21. The summed E-state index contributed by atoms with van der Waals surface area (Å²) in [6.45, 7) is 1.89. The maximum absolute atomic E-state index is 11.9. The van der Waals surface area contributed by atoms with Crippen molar-refractivity contribution in [3.63, 3.8) is 0 Å².